The molecule has 2 nitrogen and oxygen atoms in total. The minimum absolute atomic E-state index is 0.688. The maximum Gasteiger partial charge on any atom is 0.135 e. The molecule has 0 atom stereocenters. The van der Waals surface area contributed by atoms with Crippen molar-refractivity contribution in [1.29, 1.82) is 0 Å². The van der Waals surface area contributed by atoms with Gasteiger partial charge in [0.05, 0.1) is 5.69 Å². The molecule has 2 aliphatic rings. The number of rotatable bonds is 3. The van der Waals surface area contributed by atoms with Gasteiger partial charge in [0, 0.05) is 33.0 Å². The van der Waals surface area contributed by atoms with Crippen LogP contribution in [0.2, 0.25) is 10.0 Å². The molecule has 0 saturated heterocycles. The molecule has 4 heteroatoms. The predicted octanol–water partition coefficient (Wildman–Crippen LogP) is 8.13. The summed E-state index contributed by atoms with van der Waals surface area (Å²) in [4.78, 5) is 4.47. The first-order chi connectivity index (χ1) is 15.2. The van der Waals surface area contributed by atoms with Gasteiger partial charge >= 0.3 is 0 Å². The number of halogens is 2. The summed E-state index contributed by atoms with van der Waals surface area (Å²) in [5, 5.41) is 1.39. The number of fused-ring (bicyclic) bond motifs is 1. The Morgan fingerprint density at radius 3 is 2.13 bits per heavy atom. The lowest BCUT2D eigenvalue weighted by atomic mass is 10.00. The Bertz CT molecular complexity index is 1290. The molecule has 150 valence electrons. The van der Waals surface area contributed by atoms with E-state index in [1.54, 1.807) is 0 Å². The van der Waals surface area contributed by atoms with Gasteiger partial charge in [-0.1, -0.05) is 53.5 Å². The van der Waals surface area contributed by atoms with Crippen molar-refractivity contribution in [3.63, 3.8) is 0 Å². The highest BCUT2D eigenvalue weighted by molar-refractivity contribution is 6.30. The fourth-order valence-corrected chi connectivity index (χ4v) is 3.77. The first-order valence-electron chi connectivity index (χ1n) is 9.84. The van der Waals surface area contributed by atoms with Crippen LogP contribution in [0.4, 0.5) is 5.69 Å². The largest absolute Gasteiger partial charge is 0.457 e. The monoisotopic (exact) mass is 441 g/mol. The first-order valence-corrected chi connectivity index (χ1v) is 10.6. The molecule has 0 spiro atoms. The van der Waals surface area contributed by atoms with Crippen LogP contribution in [0.3, 0.4) is 0 Å². The van der Waals surface area contributed by atoms with Crippen LogP contribution in [0.1, 0.15) is 16.7 Å². The molecule has 0 N–H and O–H groups in total. The molecule has 0 aliphatic carbocycles. The van der Waals surface area contributed by atoms with Crippen molar-refractivity contribution in [3.05, 3.63) is 130 Å². The molecule has 0 saturated carbocycles. The van der Waals surface area contributed by atoms with Gasteiger partial charge in [-0.2, -0.15) is 0 Å². The number of aliphatic imine (C=N–C) groups is 1. The zero-order valence-electron chi connectivity index (χ0n) is 16.4. The van der Waals surface area contributed by atoms with Crippen LogP contribution in [-0.2, 0) is 4.74 Å². The summed E-state index contributed by atoms with van der Waals surface area (Å²) < 4.78 is 6.22. The van der Waals surface area contributed by atoms with Gasteiger partial charge in [-0.15, -0.1) is 0 Å². The van der Waals surface area contributed by atoms with E-state index in [9.17, 15) is 0 Å². The SMILES string of the molecule is Clc1ccc(C2=C/C(=C\C=C3/C=Nc4ccccc43)OC(c3ccc(Cl)cc3)=C2)cc1. The Labute approximate surface area is 191 Å². The van der Waals surface area contributed by atoms with E-state index in [2.05, 4.69) is 11.1 Å². The normalized spacial score (nSPS) is 17.4. The van der Waals surface area contributed by atoms with Crippen LogP contribution in [-0.4, -0.2) is 6.21 Å². The van der Waals surface area contributed by atoms with Gasteiger partial charge in [-0.25, -0.2) is 0 Å². The summed E-state index contributed by atoms with van der Waals surface area (Å²) in [6.07, 6.45) is 9.94. The van der Waals surface area contributed by atoms with E-state index in [1.807, 2.05) is 97.2 Å². The Hall–Kier alpha value is -3.33. The summed E-state index contributed by atoms with van der Waals surface area (Å²) in [6.45, 7) is 0. The highest BCUT2D eigenvalue weighted by Gasteiger charge is 2.15. The quantitative estimate of drug-likeness (QED) is 0.401. The van der Waals surface area contributed by atoms with Crippen molar-refractivity contribution in [1.82, 2.24) is 0 Å². The minimum atomic E-state index is 0.688. The van der Waals surface area contributed by atoms with Gasteiger partial charge in [0.2, 0.25) is 0 Å². The molecule has 2 aliphatic heterocycles. The van der Waals surface area contributed by atoms with Crippen LogP contribution >= 0.6 is 23.2 Å². The van der Waals surface area contributed by atoms with Gasteiger partial charge < -0.3 is 4.74 Å². The van der Waals surface area contributed by atoms with Crippen molar-refractivity contribution in [2.24, 2.45) is 4.99 Å². The van der Waals surface area contributed by atoms with Crippen LogP contribution < -0.4 is 0 Å². The second-order valence-electron chi connectivity index (χ2n) is 7.19. The van der Waals surface area contributed by atoms with E-state index in [0.717, 1.165) is 45.0 Å². The second kappa shape index (κ2) is 8.43. The fraction of sp³-hybridized carbons (Fsp3) is 0. The van der Waals surface area contributed by atoms with Gasteiger partial charge in [0.15, 0.2) is 0 Å². The first kappa shape index (κ1) is 19.6. The average molecular weight is 442 g/mol. The van der Waals surface area contributed by atoms with Crippen molar-refractivity contribution in [2.75, 3.05) is 0 Å². The number of ether oxygens (including phenoxy) is 1. The van der Waals surface area contributed by atoms with Crippen LogP contribution in [0.15, 0.2) is 108 Å². The number of hydrogen-bond acceptors (Lipinski definition) is 2. The molecule has 0 bridgehead atoms. The smallest absolute Gasteiger partial charge is 0.135 e. The van der Waals surface area contributed by atoms with Gasteiger partial charge in [0.1, 0.15) is 11.5 Å². The molecular weight excluding hydrogens is 425 g/mol. The molecule has 3 aromatic carbocycles. The average Bonchev–Trinajstić information content (AvgIpc) is 3.22. The summed E-state index contributed by atoms with van der Waals surface area (Å²) in [5.74, 6) is 1.50. The number of allylic oxidation sites excluding steroid dienone is 6. The van der Waals surface area contributed by atoms with Crippen LogP contribution in [0.5, 0.6) is 0 Å². The van der Waals surface area contributed by atoms with Crippen LogP contribution in [0.25, 0.3) is 16.9 Å². The fourth-order valence-electron chi connectivity index (χ4n) is 3.51. The lowest BCUT2D eigenvalue weighted by Gasteiger charge is -2.18. The number of nitrogens with zero attached hydrogens (tertiary/aromatic N) is 1. The molecule has 0 unspecified atom stereocenters. The summed E-state index contributed by atoms with van der Waals surface area (Å²) >= 11 is 12.1. The topological polar surface area (TPSA) is 21.6 Å². The highest BCUT2D eigenvalue weighted by atomic mass is 35.5. The van der Waals surface area contributed by atoms with E-state index in [-0.39, 0.29) is 0 Å². The Morgan fingerprint density at radius 1 is 0.710 bits per heavy atom. The maximum atomic E-state index is 6.22. The summed E-state index contributed by atoms with van der Waals surface area (Å²) in [6, 6.07) is 23.5. The van der Waals surface area contributed by atoms with Gasteiger partial charge in [-0.05, 0) is 77.9 Å². The molecule has 0 radical (unpaired) electrons. The Morgan fingerprint density at radius 2 is 1.39 bits per heavy atom. The molecule has 3 aromatic rings. The van der Waals surface area contributed by atoms with E-state index < -0.39 is 0 Å². The van der Waals surface area contributed by atoms with E-state index in [0.29, 0.717) is 10.0 Å². The number of para-hydroxylation sites is 1. The maximum absolute atomic E-state index is 6.22. The molecular formula is C27H17Cl2NO. The molecule has 5 rings (SSSR count). The Balaban J connectivity index is 1.54. The number of hydrogen-bond donors (Lipinski definition) is 0. The lowest BCUT2D eigenvalue weighted by molar-refractivity contribution is 0.398. The van der Waals surface area contributed by atoms with Crippen molar-refractivity contribution in [3.8, 4) is 0 Å². The third kappa shape index (κ3) is 4.27. The van der Waals surface area contributed by atoms with Gasteiger partial charge in [0.25, 0.3) is 0 Å². The van der Waals surface area contributed by atoms with E-state index in [1.165, 1.54) is 0 Å². The van der Waals surface area contributed by atoms with Crippen LogP contribution in [0, 0.1) is 0 Å². The Kier molecular flexibility index (Phi) is 5.33. The third-order valence-electron chi connectivity index (χ3n) is 5.10. The minimum Gasteiger partial charge on any atom is -0.457 e. The van der Waals surface area contributed by atoms with E-state index in [4.69, 9.17) is 27.9 Å². The molecule has 31 heavy (non-hydrogen) atoms. The molecule has 0 fully saturated rings. The summed E-state index contributed by atoms with van der Waals surface area (Å²) in [5.41, 5.74) is 6.20. The molecule has 0 aromatic heterocycles. The van der Waals surface area contributed by atoms with Crippen molar-refractivity contribution >= 4 is 52.0 Å². The third-order valence-corrected chi connectivity index (χ3v) is 5.61. The number of benzene rings is 3. The second-order valence-corrected chi connectivity index (χ2v) is 8.06. The summed E-state index contributed by atoms with van der Waals surface area (Å²) in [7, 11) is 0. The zero-order chi connectivity index (χ0) is 21.2. The standard InChI is InChI=1S/C27H17Cl2NO/c28-22-10-5-18(6-11-22)21-15-24(31-27(16-21)19-7-12-23(29)13-8-19)14-9-20-17-30-26-4-2-1-3-25(20)26/h1-17H/b20-9+,24-14+. The predicted molar refractivity (Wildman–Crippen MR) is 131 cm³/mol. The van der Waals surface area contributed by atoms with Crippen molar-refractivity contribution in [2.45, 2.75) is 0 Å². The zero-order valence-corrected chi connectivity index (χ0v) is 17.9. The highest BCUT2D eigenvalue weighted by Crippen LogP contribution is 2.34. The van der Waals surface area contributed by atoms with E-state index >= 15 is 0 Å². The van der Waals surface area contributed by atoms with Crippen molar-refractivity contribution < 1.29 is 4.74 Å². The molecule has 2 heterocycles. The molecule has 0 amide bonds. The van der Waals surface area contributed by atoms with Gasteiger partial charge in [-0.3, -0.25) is 4.99 Å². The lowest BCUT2D eigenvalue weighted by Crippen LogP contribution is -1.99.